The Morgan fingerprint density at radius 3 is 3.11 bits per heavy atom. The fraction of sp³-hybridized carbons (Fsp3) is 0.533. The summed E-state index contributed by atoms with van der Waals surface area (Å²) in [5.74, 6) is 1.78. The number of hydrogen-bond donors (Lipinski definition) is 3. The number of para-hydroxylation sites is 2. The molecule has 1 aromatic heterocycles. The molecule has 0 bridgehead atoms. The first-order valence-electron chi connectivity index (χ1n) is 7.21. The molecule has 19 heavy (non-hydrogen) atoms. The van der Waals surface area contributed by atoms with E-state index in [4.69, 9.17) is 0 Å². The molecule has 4 nitrogen and oxygen atoms in total. The minimum atomic E-state index is 0.273. The molecule has 0 saturated carbocycles. The van der Waals surface area contributed by atoms with E-state index in [2.05, 4.69) is 33.6 Å². The van der Waals surface area contributed by atoms with Gasteiger partial charge in [-0.05, 0) is 57.5 Å². The van der Waals surface area contributed by atoms with Crippen molar-refractivity contribution in [2.75, 3.05) is 19.6 Å². The summed E-state index contributed by atoms with van der Waals surface area (Å²) < 4.78 is 0. The summed E-state index contributed by atoms with van der Waals surface area (Å²) in [6.07, 6.45) is 2.62. The molecule has 2 atom stereocenters. The maximum absolute atomic E-state index is 4.64. The molecule has 0 spiro atoms. The van der Waals surface area contributed by atoms with E-state index >= 15 is 0 Å². The largest absolute Gasteiger partial charge is 0.341 e. The number of benzene rings is 1. The van der Waals surface area contributed by atoms with Crippen LogP contribution in [0.2, 0.25) is 0 Å². The molecule has 0 radical (unpaired) electrons. The Morgan fingerprint density at radius 2 is 2.32 bits per heavy atom. The summed E-state index contributed by atoms with van der Waals surface area (Å²) in [5, 5.41) is 7.05. The van der Waals surface area contributed by atoms with Crippen LogP contribution >= 0.6 is 0 Å². The summed E-state index contributed by atoms with van der Waals surface area (Å²) >= 11 is 0. The van der Waals surface area contributed by atoms with Crippen molar-refractivity contribution in [1.82, 2.24) is 20.6 Å². The molecule has 3 rings (SSSR count). The van der Waals surface area contributed by atoms with Gasteiger partial charge in [0, 0.05) is 0 Å². The first kappa shape index (κ1) is 12.6. The monoisotopic (exact) mass is 258 g/mol. The van der Waals surface area contributed by atoms with Crippen LogP contribution in [0, 0.1) is 5.92 Å². The quantitative estimate of drug-likeness (QED) is 0.788. The highest BCUT2D eigenvalue weighted by atomic mass is 15.0. The molecular formula is C15H22N4. The van der Waals surface area contributed by atoms with Crippen LogP contribution in [0.25, 0.3) is 11.0 Å². The van der Waals surface area contributed by atoms with Gasteiger partial charge in [0.1, 0.15) is 5.82 Å². The van der Waals surface area contributed by atoms with Crippen molar-refractivity contribution < 1.29 is 0 Å². The van der Waals surface area contributed by atoms with Crippen LogP contribution in [0.3, 0.4) is 0 Å². The average Bonchev–Trinajstić information content (AvgIpc) is 2.90. The summed E-state index contributed by atoms with van der Waals surface area (Å²) in [7, 11) is 0. The lowest BCUT2D eigenvalue weighted by molar-refractivity contribution is 0.346. The van der Waals surface area contributed by atoms with Crippen molar-refractivity contribution in [2.24, 2.45) is 5.92 Å². The fourth-order valence-electron chi connectivity index (χ4n) is 2.72. The molecule has 2 heterocycles. The zero-order valence-electron chi connectivity index (χ0n) is 11.4. The molecule has 1 aromatic carbocycles. The third-order valence-corrected chi connectivity index (χ3v) is 3.93. The number of nitrogens with zero attached hydrogens (tertiary/aromatic N) is 1. The Kier molecular flexibility index (Phi) is 3.80. The van der Waals surface area contributed by atoms with Crippen LogP contribution < -0.4 is 10.6 Å². The predicted molar refractivity (Wildman–Crippen MR) is 78.1 cm³/mol. The molecule has 1 aliphatic heterocycles. The van der Waals surface area contributed by atoms with Crippen molar-refractivity contribution >= 4 is 11.0 Å². The fourth-order valence-corrected chi connectivity index (χ4v) is 2.72. The van der Waals surface area contributed by atoms with Crippen molar-refractivity contribution in [3.05, 3.63) is 30.1 Å². The maximum Gasteiger partial charge on any atom is 0.124 e. The molecule has 0 aliphatic carbocycles. The van der Waals surface area contributed by atoms with E-state index in [9.17, 15) is 0 Å². The van der Waals surface area contributed by atoms with E-state index in [0.717, 1.165) is 35.9 Å². The van der Waals surface area contributed by atoms with Gasteiger partial charge >= 0.3 is 0 Å². The van der Waals surface area contributed by atoms with E-state index in [1.165, 1.54) is 19.4 Å². The normalized spacial score (nSPS) is 21.6. The first-order valence-corrected chi connectivity index (χ1v) is 7.21. The first-order chi connectivity index (χ1) is 9.33. The minimum Gasteiger partial charge on any atom is -0.341 e. The molecule has 1 saturated heterocycles. The van der Waals surface area contributed by atoms with Crippen LogP contribution in [-0.4, -0.2) is 29.6 Å². The van der Waals surface area contributed by atoms with E-state index in [1.54, 1.807) is 0 Å². The van der Waals surface area contributed by atoms with E-state index in [1.807, 2.05) is 18.2 Å². The molecule has 2 unspecified atom stereocenters. The highest BCUT2D eigenvalue weighted by Gasteiger charge is 2.15. The van der Waals surface area contributed by atoms with Crippen molar-refractivity contribution in [2.45, 2.75) is 25.8 Å². The lowest BCUT2D eigenvalue weighted by Crippen LogP contribution is -2.36. The lowest BCUT2D eigenvalue weighted by Gasteiger charge is -2.24. The Hall–Kier alpha value is -1.39. The Morgan fingerprint density at radius 1 is 1.42 bits per heavy atom. The molecule has 4 heteroatoms. The Labute approximate surface area is 114 Å². The summed E-state index contributed by atoms with van der Waals surface area (Å²) in [5.41, 5.74) is 2.16. The van der Waals surface area contributed by atoms with Crippen LogP contribution in [0.5, 0.6) is 0 Å². The van der Waals surface area contributed by atoms with Gasteiger partial charge in [-0.3, -0.25) is 0 Å². The molecule has 1 aliphatic rings. The van der Waals surface area contributed by atoms with Crippen LogP contribution in [0.4, 0.5) is 0 Å². The van der Waals surface area contributed by atoms with Gasteiger partial charge in [0.25, 0.3) is 0 Å². The molecule has 3 N–H and O–H groups in total. The number of rotatable bonds is 4. The number of nitrogens with one attached hydrogen (secondary N) is 3. The van der Waals surface area contributed by atoms with Crippen LogP contribution in [-0.2, 0) is 0 Å². The number of piperidine rings is 1. The van der Waals surface area contributed by atoms with Gasteiger partial charge in [-0.15, -0.1) is 0 Å². The van der Waals surface area contributed by atoms with Gasteiger partial charge < -0.3 is 15.6 Å². The maximum atomic E-state index is 4.64. The number of H-pyrrole nitrogens is 1. The highest BCUT2D eigenvalue weighted by Crippen LogP contribution is 2.16. The number of imidazole rings is 1. The van der Waals surface area contributed by atoms with Gasteiger partial charge in [-0.1, -0.05) is 12.1 Å². The standard InChI is InChI=1S/C15H22N4/c1-11(17-10-12-5-4-8-16-9-12)15-18-13-6-2-3-7-14(13)19-15/h2-3,6-7,11-12,16-17H,4-5,8-10H2,1H3,(H,18,19). The van der Waals surface area contributed by atoms with E-state index < -0.39 is 0 Å². The third-order valence-electron chi connectivity index (χ3n) is 3.93. The Bertz CT molecular complexity index is 495. The number of fused-ring (bicyclic) bond motifs is 1. The van der Waals surface area contributed by atoms with Gasteiger partial charge in [-0.25, -0.2) is 4.98 Å². The molecule has 1 fully saturated rings. The van der Waals surface area contributed by atoms with Crippen molar-refractivity contribution in [1.29, 1.82) is 0 Å². The van der Waals surface area contributed by atoms with E-state index in [0.29, 0.717) is 0 Å². The van der Waals surface area contributed by atoms with Crippen LogP contribution in [0.15, 0.2) is 24.3 Å². The molecule has 0 amide bonds. The van der Waals surface area contributed by atoms with Crippen molar-refractivity contribution in [3.63, 3.8) is 0 Å². The summed E-state index contributed by atoms with van der Waals surface area (Å²) in [6, 6.07) is 8.46. The van der Waals surface area contributed by atoms with Gasteiger partial charge in [0.05, 0.1) is 17.1 Å². The summed E-state index contributed by atoms with van der Waals surface area (Å²) in [6.45, 7) is 5.55. The topological polar surface area (TPSA) is 52.7 Å². The zero-order chi connectivity index (χ0) is 13.1. The molecule has 102 valence electrons. The predicted octanol–water partition coefficient (Wildman–Crippen LogP) is 2.21. The number of aromatic nitrogens is 2. The van der Waals surface area contributed by atoms with Crippen LogP contribution in [0.1, 0.15) is 31.6 Å². The lowest BCUT2D eigenvalue weighted by atomic mass is 9.99. The Balaban J connectivity index is 1.61. The third kappa shape index (κ3) is 2.96. The average molecular weight is 258 g/mol. The van der Waals surface area contributed by atoms with Gasteiger partial charge in [-0.2, -0.15) is 0 Å². The highest BCUT2D eigenvalue weighted by molar-refractivity contribution is 5.74. The second-order valence-electron chi connectivity index (χ2n) is 5.48. The second kappa shape index (κ2) is 5.72. The van der Waals surface area contributed by atoms with Crippen molar-refractivity contribution in [3.8, 4) is 0 Å². The minimum absolute atomic E-state index is 0.273. The second-order valence-corrected chi connectivity index (χ2v) is 5.48. The molecular weight excluding hydrogens is 236 g/mol. The number of aromatic amines is 1. The smallest absolute Gasteiger partial charge is 0.124 e. The van der Waals surface area contributed by atoms with Gasteiger partial charge in [0.15, 0.2) is 0 Å². The van der Waals surface area contributed by atoms with E-state index in [-0.39, 0.29) is 6.04 Å². The number of hydrogen-bond acceptors (Lipinski definition) is 3. The summed E-state index contributed by atoms with van der Waals surface area (Å²) in [4.78, 5) is 8.04. The zero-order valence-corrected chi connectivity index (χ0v) is 11.4. The SMILES string of the molecule is CC(NCC1CCCNC1)c1nc2ccccc2[nH]1. The van der Waals surface area contributed by atoms with Gasteiger partial charge in [0.2, 0.25) is 0 Å². The molecule has 2 aromatic rings.